The van der Waals surface area contributed by atoms with Crippen molar-refractivity contribution in [3.05, 3.63) is 23.9 Å². The van der Waals surface area contributed by atoms with Crippen LogP contribution in [0, 0.1) is 0 Å². The van der Waals surface area contributed by atoms with Crippen LogP contribution in [0.4, 0.5) is 10.6 Å². The molecule has 3 N–H and O–H groups in total. The fourth-order valence-corrected chi connectivity index (χ4v) is 2.92. The van der Waals surface area contributed by atoms with Crippen molar-refractivity contribution in [1.82, 2.24) is 20.5 Å². The largest absolute Gasteiger partial charge is 0.390 e. The molecule has 0 aromatic carbocycles. The van der Waals surface area contributed by atoms with Gasteiger partial charge in [0, 0.05) is 45.5 Å². The molecule has 2 heterocycles. The lowest BCUT2D eigenvalue weighted by Gasteiger charge is -2.28. The van der Waals surface area contributed by atoms with Crippen LogP contribution in [0.1, 0.15) is 24.8 Å². The molecule has 0 aliphatic carbocycles. The number of nitrogens with zero attached hydrogens (tertiary/aromatic N) is 3. The average Bonchev–Trinajstić information content (AvgIpc) is 2.59. The highest BCUT2D eigenvalue weighted by molar-refractivity contribution is 5.74. The number of anilines is 1. The Bertz CT molecular complexity index is 517. The van der Waals surface area contributed by atoms with Crippen molar-refractivity contribution in [3.8, 4) is 0 Å². The minimum absolute atomic E-state index is 0.260. The molecule has 1 unspecified atom stereocenters. The second-order valence-electron chi connectivity index (χ2n) is 6.46. The number of carbonyl (C=O) groups excluding carboxylic acids is 1. The number of nitrogens with one attached hydrogen (secondary N) is 2. The molecule has 7 nitrogen and oxygen atoms in total. The van der Waals surface area contributed by atoms with E-state index in [-0.39, 0.29) is 12.6 Å². The van der Waals surface area contributed by atoms with Crippen LogP contribution in [0.3, 0.4) is 0 Å². The minimum atomic E-state index is -0.537. The summed E-state index contributed by atoms with van der Waals surface area (Å²) in [4.78, 5) is 20.4. The molecule has 1 aliphatic heterocycles. The Morgan fingerprint density at radius 3 is 2.79 bits per heavy atom. The maximum Gasteiger partial charge on any atom is 0.315 e. The van der Waals surface area contributed by atoms with Gasteiger partial charge in [-0.25, -0.2) is 9.78 Å². The van der Waals surface area contributed by atoms with E-state index in [4.69, 9.17) is 0 Å². The third kappa shape index (κ3) is 5.98. The molecule has 1 fully saturated rings. The van der Waals surface area contributed by atoms with Gasteiger partial charge in [0.05, 0.1) is 6.10 Å². The van der Waals surface area contributed by atoms with E-state index in [0.29, 0.717) is 13.1 Å². The van der Waals surface area contributed by atoms with Gasteiger partial charge in [-0.15, -0.1) is 0 Å². The summed E-state index contributed by atoms with van der Waals surface area (Å²) >= 11 is 0. The maximum absolute atomic E-state index is 11.9. The average molecular weight is 335 g/mol. The van der Waals surface area contributed by atoms with E-state index in [1.807, 2.05) is 31.1 Å². The quantitative estimate of drug-likeness (QED) is 0.687. The Hall–Kier alpha value is -1.86. The topological polar surface area (TPSA) is 80.7 Å². The van der Waals surface area contributed by atoms with Crippen molar-refractivity contribution in [1.29, 1.82) is 0 Å². The Morgan fingerprint density at radius 1 is 1.33 bits per heavy atom. The molecular weight excluding hydrogens is 306 g/mol. The Balaban J connectivity index is 1.69. The highest BCUT2D eigenvalue weighted by Crippen LogP contribution is 2.13. The Kier molecular flexibility index (Phi) is 7.27. The van der Waals surface area contributed by atoms with Gasteiger partial charge in [0.25, 0.3) is 0 Å². The van der Waals surface area contributed by atoms with Crippen LogP contribution in [0.5, 0.6) is 0 Å². The molecular formula is C17H29N5O2. The molecule has 7 heteroatoms. The SMILES string of the molecule is CN(C)c1ncccc1CNC(=O)NCC(O)CN1CCCCC1. The molecule has 1 aromatic heterocycles. The normalized spacial score (nSPS) is 16.5. The number of rotatable bonds is 7. The smallest absolute Gasteiger partial charge is 0.315 e. The van der Waals surface area contributed by atoms with Crippen molar-refractivity contribution in [2.45, 2.75) is 31.9 Å². The number of urea groups is 1. The zero-order valence-corrected chi connectivity index (χ0v) is 14.7. The van der Waals surface area contributed by atoms with E-state index in [1.54, 1.807) is 6.20 Å². The zero-order valence-electron chi connectivity index (χ0n) is 14.7. The lowest BCUT2D eigenvalue weighted by Crippen LogP contribution is -2.44. The van der Waals surface area contributed by atoms with Crippen molar-refractivity contribution in [2.75, 3.05) is 45.2 Å². The number of carbonyl (C=O) groups is 1. The maximum atomic E-state index is 11.9. The van der Waals surface area contributed by atoms with E-state index in [0.717, 1.165) is 24.5 Å². The minimum Gasteiger partial charge on any atom is -0.390 e. The lowest BCUT2D eigenvalue weighted by atomic mass is 10.1. The van der Waals surface area contributed by atoms with E-state index in [2.05, 4.69) is 20.5 Å². The highest BCUT2D eigenvalue weighted by atomic mass is 16.3. The first-order chi connectivity index (χ1) is 11.6. The van der Waals surface area contributed by atoms with Gasteiger partial charge in [0.15, 0.2) is 0 Å². The number of amides is 2. The summed E-state index contributed by atoms with van der Waals surface area (Å²) in [5.74, 6) is 0.836. The first-order valence-corrected chi connectivity index (χ1v) is 8.59. The molecule has 0 saturated carbocycles. The molecule has 2 rings (SSSR count). The van der Waals surface area contributed by atoms with Gasteiger partial charge in [0.1, 0.15) is 5.82 Å². The summed E-state index contributed by atoms with van der Waals surface area (Å²) in [6.45, 7) is 3.36. The van der Waals surface area contributed by atoms with Crippen LogP contribution in [-0.2, 0) is 6.54 Å². The summed E-state index contributed by atoms with van der Waals surface area (Å²) in [6.07, 6.45) is 4.86. The predicted molar refractivity (Wildman–Crippen MR) is 95.1 cm³/mol. The number of aliphatic hydroxyl groups is 1. The van der Waals surface area contributed by atoms with Crippen LogP contribution < -0.4 is 15.5 Å². The predicted octanol–water partition coefficient (Wildman–Crippen LogP) is 0.794. The van der Waals surface area contributed by atoms with Gasteiger partial charge in [-0.1, -0.05) is 12.5 Å². The number of β-amino-alcohol motifs (C(OH)–C–C–N with tert-alkyl or cyclic N) is 1. The molecule has 0 spiro atoms. The number of likely N-dealkylation sites (tertiary alicyclic amines) is 1. The summed E-state index contributed by atoms with van der Waals surface area (Å²) in [5.41, 5.74) is 0.950. The van der Waals surface area contributed by atoms with Crippen molar-refractivity contribution < 1.29 is 9.90 Å². The van der Waals surface area contributed by atoms with Gasteiger partial charge in [-0.2, -0.15) is 0 Å². The third-order valence-corrected chi connectivity index (χ3v) is 4.15. The third-order valence-electron chi connectivity index (χ3n) is 4.15. The molecule has 1 aromatic rings. The first kappa shape index (κ1) is 18.5. The summed E-state index contributed by atoms with van der Waals surface area (Å²) in [7, 11) is 3.84. The fraction of sp³-hybridized carbons (Fsp3) is 0.647. The van der Waals surface area contributed by atoms with E-state index in [9.17, 15) is 9.90 Å². The van der Waals surface area contributed by atoms with Gasteiger partial charge in [0.2, 0.25) is 0 Å². The number of hydrogen-bond donors (Lipinski definition) is 3. The Morgan fingerprint density at radius 2 is 2.08 bits per heavy atom. The van der Waals surface area contributed by atoms with Crippen LogP contribution in [0.25, 0.3) is 0 Å². The molecule has 2 amide bonds. The van der Waals surface area contributed by atoms with Crippen molar-refractivity contribution in [3.63, 3.8) is 0 Å². The standard InChI is InChI=1S/C17H29N5O2/c1-21(2)16-14(7-6-8-18-16)11-19-17(24)20-12-15(23)13-22-9-4-3-5-10-22/h6-8,15,23H,3-5,9-13H2,1-2H3,(H2,19,20,24). The second kappa shape index (κ2) is 9.44. The molecule has 24 heavy (non-hydrogen) atoms. The summed E-state index contributed by atoms with van der Waals surface area (Å²) in [6, 6.07) is 3.51. The summed E-state index contributed by atoms with van der Waals surface area (Å²) < 4.78 is 0. The van der Waals surface area contributed by atoms with Gasteiger partial charge in [-0.3, -0.25) is 0 Å². The van der Waals surface area contributed by atoms with E-state index < -0.39 is 6.10 Å². The number of aliphatic hydroxyl groups excluding tert-OH is 1. The van der Waals surface area contributed by atoms with Gasteiger partial charge in [-0.05, 0) is 32.0 Å². The summed E-state index contributed by atoms with van der Waals surface area (Å²) in [5, 5.41) is 15.6. The lowest BCUT2D eigenvalue weighted by molar-refractivity contribution is 0.101. The van der Waals surface area contributed by atoms with Crippen molar-refractivity contribution in [2.24, 2.45) is 0 Å². The molecule has 1 atom stereocenters. The first-order valence-electron chi connectivity index (χ1n) is 8.59. The number of piperidine rings is 1. The second-order valence-corrected chi connectivity index (χ2v) is 6.46. The number of pyridine rings is 1. The molecule has 0 radical (unpaired) electrons. The number of hydrogen-bond acceptors (Lipinski definition) is 5. The van der Waals surface area contributed by atoms with Crippen LogP contribution in [0.15, 0.2) is 18.3 Å². The van der Waals surface area contributed by atoms with Crippen LogP contribution in [-0.4, -0.2) is 67.4 Å². The molecule has 1 saturated heterocycles. The fourth-order valence-electron chi connectivity index (χ4n) is 2.92. The zero-order chi connectivity index (χ0) is 17.4. The van der Waals surface area contributed by atoms with Crippen LogP contribution in [0.2, 0.25) is 0 Å². The monoisotopic (exact) mass is 335 g/mol. The van der Waals surface area contributed by atoms with Gasteiger partial charge < -0.3 is 25.5 Å². The molecule has 1 aliphatic rings. The Labute approximate surface area is 144 Å². The van der Waals surface area contributed by atoms with Gasteiger partial charge >= 0.3 is 6.03 Å². The van der Waals surface area contributed by atoms with Crippen LogP contribution >= 0.6 is 0 Å². The van der Waals surface area contributed by atoms with E-state index >= 15 is 0 Å². The van der Waals surface area contributed by atoms with Crippen molar-refractivity contribution >= 4 is 11.8 Å². The molecule has 0 bridgehead atoms. The highest BCUT2D eigenvalue weighted by Gasteiger charge is 2.15. The molecule has 134 valence electrons. The number of aromatic nitrogens is 1. The van der Waals surface area contributed by atoms with E-state index in [1.165, 1.54) is 19.3 Å².